The molecule has 0 N–H and O–H groups in total. The predicted molar refractivity (Wildman–Crippen MR) is 27.9 cm³/mol. The van der Waals surface area contributed by atoms with Crippen LogP contribution in [0.15, 0.2) is 0 Å². The van der Waals surface area contributed by atoms with Gasteiger partial charge < -0.3 is 29.3 Å². The molecule has 0 aliphatic rings. The standard InChI is InChI=1S/C4H5O7P/c5-2(3(6)7)1-12(10,11)4(8)9/h1H2,(H,6,7)(H,8,9)(H,10,11)/p-3. The molecule has 0 radical (unpaired) electrons. The number of carboxylic acids is 1. The molecule has 0 aromatic heterocycles. The first-order valence-electron chi connectivity index (χ1n) is 2.53. The Morgan fingerprint density at radius 1 is 1.17 bits per heavy atom. The predicted octanol–water partition coefficient (Wildman–Crippen LogP) is -3.71. The van der Waals surface area contributed by atoms with E-state index in [2.05, 4.69) is 0 Å². The number of rotatable bonds is 4. The lowest BCUT2D eigenvalue weighted by Crippen LogP contribution is -2.37. The lowest BCUT2D eigenvalue weighted by atomic mass is 10.5. The summed E-state index contributed by atoms with van der Waals surface area (Å²) >= 11 is 0. The lowest BCUT2D eigenvalue weighted by molar-refractivity contribution is -0.299. The molecule has 0 aliphatic heterocycles. The van der Waals surface area contributed by atoms with E-state index in [0.717, 1.165) is 0 Å². The van der Waals surface area contributed by atoms with Crippen molar-refractivity contribution in [3.63, 3.8) is 0 Å². The van der Waals surface area contributed by atoms with Crippen LogP contribution in [0.25, 0.3) is 0 Å². The van der Waals surface area contributed by atoms with Gasteiger partial charge in [0.25, 0.3) is 0 Å². The number of carboxylic acid groups (broad SMARTS) is 2. The van der Waals surface area contributed by atoms with Crippen LogP contribution in [0, 0.1) is 0 Å². The van der Waals surface area contributed by atoms with Crippen LogP contribution in [-0.4, -0.2) is 23.6 Å². The largest absolute Gasteiger partial charge is 0.795 e. The van der Waals surface area contributed by atoms with Crippen LogP contribution in [0.5, 0.6) is 0 Å². The van der Waals surface area contributed by atoms with E-state index in [1.165, 1.54) is 0 Å². The first-order valence-corrected chi connectivity index (χ1v) is 4.34. The molecule has 7 nitrogen and oxygen atoms in total. The minimum absolute atomic E-state index is 1.61. The van der Waals surface area contributed by atoms with E-state index in [1.54, 1.807) is 0 Å². The SMILES string of the molecule is O=C([O-])C(=O)CP(=O)([O-])C(=O)[O-]. The molecule has 0 amide bonds. The van der Waals surface area contributed by atoms with Crippen LogP contribution in [0.1, 0.15) is 0 Å². The molecule has 0 aliphatic carbocycles. The third-order valence-corrected chi connectivity index (χ3v) is 2.12. The fraction of sp³-hybridized carbons (Fsp3) is 0.250. The number of carbonyl (C=O) groups excluding carboxylic acids is 3. The van der Waals surface area contributed by atoms with Crippen molar-refractivity contribution in [2.45, 2.75) is 0 Å². The fourth-order valence-corrected chi connectivity index (χ4v) is 0.954. The van der Waals surface area contributed by atoms with E-state index in [0.29, 0.717) is 0 Å². The van der Waals surface area contributed by atoms with Gasteiger partial charge in [0, 0.05) is 0 Å². The van der Waals surface area contributed by atoms with Crippen molar-refractivity contribution in [1.29, 1.82) is 0 Å². The maximum atomic E-state index is 10.3. The summed E-state index contributed by atoms with van der Waals surface area (Å²) in [5, 5.41) is 19.4. The second-order valence-electron chi connectivity index (χ2n) is 1.81. The molecule has 0 spiro atoms. The number of hydrogen-bond donors (Lipinski definition) is 0. The summed E-state index contributed by atoms with van der Waals surface area (Å²) in [6.07, 6.45) is -1.61. The molecule has 0 fully saturated rings. The summed E-state index contributed by atoms with van der Waals surface area (Å²) in [4.78, 5) is 39.8. The fourth-order valence-electron chi connectivity index (χ4n) is 0.318. The number of carbonyl (C=O) groups is 3. The zero-order valence-electron chi connectivity index (χ0n) is 5.51. The molecule has 68 valence electrons. The van der Waals surface area contributed by atoms with Gasteiger partial charge in [-0.15, -0.1) is 0 Å². The Morgan fingerprint density at radius 2 is 1.58 bits per heavy atom. The molecule has 0 rings (SSSR count). The Morgan fingerprint density at radius 3 is 1.83 bits per heavy atom. The highest BCUT2D eigenvalue weighted by atomic mass is 31.2. The smallest absolute Gasteiger partial charge is 0.184 e. The quantitative estimate of drug-likeness (QED) is 0.330. The maximum Gasteiger partial charge on any atom is 0.184 e. The monoisotopic (exact) mass is 193 g/mol. The summed E-state index contributed by atoms with van der Waals surface area (Å²) in [6, 6.07) is 0. The van der Waals surface area contributed by atoms with Gasteiger partial charge >= 0.3 is 0 Å². The topological polar surface area (TPSA) is 137 Å². The Kier molecular flexibility index (Phi) is 3.12. The Bertz CT molecular complexity index is 279. The van der Waals surface area contributed by atoms with Crippen LogP contribution in [-0.2, 0) is 14.2 Å². The summed E-state index contributed by atoms with van der Waals surface area (Å²) in [6.45, 7) is 0. The van der Waals surface area contributed by atoms with Gasteiger partial charge in [-0.05, 0) is 0 Å². The van der Waals surface area contributed by atoms with Crippen molar-refractivity contribution in [2.24, 2.45) is 0 Å². The van der Waals surface area contributed by atoms with Crippen molar-refractivity contribution in [1.82, 2.24) is 0 Å². The highest BCUT2D eigenvalue weighted by Gasteiger charge is 2.15. The van der Waals surface area contributed by atoms with E-state index in [4.69, 9.17) is 0 Å². The van der Waals surface area contributed by atoms with Crippen molar-refractivity contribution < 1.29 is 34.1 Å². The zero-order valence-corrected chi connectivity index (χ0v) is 6.41. The van der Waals surface area contributed by atoms with E-state index in [-0.39, 0.29) is 0 Å². The van der Waals surface area contributed by atoms with E-state index < -0.39 is 31.0 Å². The van der Waals surface area contributed by atoms with Crippen molar-refractivity contribution in [3.8, 4) is 0 Å². The van der Waals surface area contributed by atoms with Crippen LogP contribution < -0.4 is 15.1 Å². The van der Waals surface area contributed by atoms with Gasteiger partial charge in [0.1, 0.15) is 5.97 Å². The molecule has 12 heavy (non-hydrogen) atoms. The molecule has 0 bridgehead atoms. The molecule has 8 heteroatoms. The first-order chi connectivity index (χ1) is 5.27. The number of Topliss-reactive ketones (excluding diaryl/α,β-unsaturated/α-hetero) is 1. The zero-order chi connectivity index (χ0) is 9.94. The molecule has 0 heterocycles. The first kappa shape index (κ1) is 10.8. The lowest BCUT2D eigenvalue weighted by Gasteiger charge is -2.22. The van der Waals surface area contributed by atoms with Gasteiger partial charge in [0.2, 0.25) is 0 Å². The summed E-state index contributed by atoms with van der Waals surface area (Å²) in [5.74, 6) is -4.05. The van der Waals surface area contributed by atoms with Crippen LogP contribution in [0.2, 0.25) is 0 Å². The van der Waals surface area contributed by atoms with Gasteiger partial charge in [0.15, 0.2) is 5.78 Å². The molecule has 1 atom stereocenters. The highest BCUT2D eigenvalue weighted by Crippen LogP contribution is 2.33. The average Bonchev–Trinajstić information content (AvgIpc) is 1.85. The minimum atomic E-state index is -5.09. The van der Waals surface area contributed by atoms with Crippen LogP contribution >= 0.6 is 7.37 Å². The van der Waals surface area contributed by atoms with Gasteiger partial charge in [-0.3, -0.25) is 4.79 Å². The summed E-state index contributed by atoms with van der Waals surface area (Å²) < 4.78 is 10.3. The number of aliphatic carboxylic acids is 1. The Labute approximate surface area is 66.1 Å². The highest BCUT2D eigenvalue weighted by molar-refractivity contribution is 7.74. The normalized spacial score (nSPS) is 14.8. The third-order valence-electron chi connectivity index (χ3n) is 0.858. The molecule has 0 saturated heterocycles. The summed E-state index contributed by atoms with van der Waals surface area (Å²) in [5.41, 5.74) is -2.46. The molecule has 0 saturated carbocycles. The number of hydrogen-bond acceptors (Lipinski definition) is 7. The molecule has 0 aromatic rings. The summed E-state index contributed by atoms with van der Waals surface area (Å²) in [7, 11) is -5.09. The Balaban J connectivity index is 4.47. The van der Waals surface area contributed by atoms with Crippen molar-refractivity contribution >= 4 is 24.8 Å². The average molecular weight is 193 g/mol. The van der Waals surface area contributed by atoms with E-state index in [9.17, 15) is 34.1 Å². The second-order valence-corrected chi connectivity index (χ2v) is 3.84. The van der Waals surface area contributed by atoms with Crippen molar-refractivity contribution in [2.75, 3.05) is 6.16 Å². The van der Waals surface area contributed by atoms with Gasteiger partial charge in [-0.2, -0.15) is 0 Å². The van der Waals surface area contributed by atoms with Crippen LogP contribution in [0.4, 0.5) is 4.79 Å². The van der Waals surface area contributed by atoms with Gasteiger partial charge in [-0.25, -0.2) is 0 Å². The van der Waals surface area contributed by atoms with Crippen molar-refractivity contribution in [3.05, 3.63) is 0 Å². The van der Waals surface area contributed by atoms with Crippen LogP contribution in [0.3, 0.4) is 0 Å². The molecule has 0 aromatic carbocycles. The maximum absolute atomic E-state index is 10.3. The van der Waals surface area contributed by atoms with E-state index in [1.807, 2.05) is 0 Å². The number of ketones is 1. The van der Waals surface area contributed by atoms with E-state index >= 15 is 0 Å². The van der Waals surface area contributed by atoms with Gasteiger partial charge in [0.05, 0.1) is 19.2 Å². The molecule has 1 unspecified atom stereocenters. The third kappa shape index (κ3) is 2.81. The minimum Gasteiger partial charge on any atom is -0.795 e. The molecular weight excluding hydrogens is 191 g/mol. The second kappa shape index (κ2) is 3.46. The molecular formula is C4H2O7P-3. The van der Waals surface area contributed by atoms with Gasteiger partial charge in [-0.1, -0.05) is 0 Å². The Hall–Kier alpha value is -1.20.